The number of hydrogen-bond acceptors (Lipinski definition) is 3. The third-order valence-electron chi connectivity index (χ3n) is 3.14. The van der Waals surface area contributed by atoms with Crippen LogP contribution in [0.2, 0.25) is 0 Å². The van der Waals surface area contributed by atoms with Gasteiger partial charge in [0, 0.05) is 19.1 Å². The summed E-state index contributed by atoms with van der Waals surface area (Å²) in [6.45, 7) is 8.76. The van der Waals surface area contributed by atoms with Crippen LogP contribution in [0.4, 0.5) is 5.95 Å². The Kier molecular flexibility index (Phi) is 3.33. The normalized spacial score (nSPS) is 21.8. The first-order valence-corrected chi connectivity index (χ1v) is 6.42. The number of rotatable bonds is 2. The highest BCUT2D eigenvalue weighted by molar-refractivity contribution is 7.71. The van der Waals surface area contributed by atoms with Crippen LogP contribution in [-0.4, -0.2) is 27.9 Å². The molecule has 0 aliphatic carbocycles. The minimum Gasteiger partial charge on any atom is -0.341 e. The first-order chi connectivity index (χ1) is 7.59. The van der Waals surface area contributed by atoms with Gasteiger partial charge in [-0.3, -0.25) is 4.57 Å². The smallest absolute Gasteiger partial charge is 0.225 e. The number of aromatic amines is 1. The Morgan fingerprint density at radius 3 is 2.88 bits per heavy atom. The van der Waals surface area contributed by atoms with Crippen LogP contribution in [0.5, 0.6) is 0 Å². The molecule has 0 radical (unpaired) electrons. The summed E-state index contributed by atoms with van der Waals surface area (Å²) in [5.74, 6) is 1.76. The van der Waals surface area contributed by atoms with Gasteiger partial charge < -0.3 is 4.90 Å². The van der Waals surface area contributed by atoms with E-state index in [9.17, 15) is 0 Å². The van der Waals surface area contributed by atoms with Gasteiger partial charge in [0.15, 0.2) is 4.77 Å². The molecule has 1 aliphatic rings. The number of anilines is 1. The van der Waals surface area contributed by atoms with Crippen LogP contribution < -0.4 is 4.90 Å². The predicted molar refractivity (Wildman–Crippen MR) is 68.4 cm³/mol. The van der Waals surface area contributed by atoms with Crippen molar-refractivity contribution in [1.29, 1.82) is 0 Å². The van der Waals surface area contributed by atoms with Gasteiger partial charge in [0.2, 0.25) is 5.95 Å². The lowest BCUT2D eigenvalue weighted by Gasteiger charge is -2.32. The molecule has 1 aromatic heterocycles. The van der Waals surface area contributed by atoms with Crippen LogP contribution in [0.25, 0.3) is 0 Å². The van der Waals surface area contributed by atoms with E-state index in [-0.39, 0.29) is 0 Å². The lowest BCUT2D eigenvalue weighted by Crippen LogP contribution is -2.36. The summed E-state index contributed by atoms with van der Waals surface area (Å²) in [5, 5.41) is 7.27. The van der Waals surface area contributed by atoms with Crippen molar-refractivity contribution >= 4 is 18.2 Å². The summed E-state index contributed by atoms with van der Waals surface area (Å²) in [6.07, 6.45) is 2.57. The molecule has 0 aromatic carbocycles. The molecule has 0 saturated carbocycles. The molecule has 1 fully saturated rings. The summed E-state index contributed by atoms with van der Waals surface area (Å²) in [7, 11) is 0. The molecule has 4 nitrogen and oxygen atoms in total. The SMILES string of the molecule is CC1CCCN(c2n[nH]c(=S)n2C(C)C)C1. The molecular formula is C11H20N4S. The molecule has 1 atom stereocenters. The van der Waals surface area contributed by atoms with Crippen molar-refractivity contribution in [3.8, 4) is 0 Å². The zero-order chi connectivity index (χ0) is 11.7. The zero-order valence-corrected chi connectivity index (χ0v) is 11.0. The predicted octanol–water partition coefficient (Wildman–Crippen LogP) is 2.76. The summed E-state index contributed by atoms with van der Waals surface area (Å²) >= 11 is 5.27. The Balaban J connectivity index is 2.29. The van der Waals surface area contributed by atoms with Crippen LogP contribution in [0.1, 0.15) is 39.7 Å². The van der Waals surface area contributed by atoms with Gasteiger partial charge in [0.25, 0.3) is 0 Å². The molecule has 2 heterocycles. The lowest BCUT2D eigenvalue weighted by atomic mass is 10.0. The third kappa shape index (κ3) is 2.14. The van der Waals surface area contributed by atoms with Gasteiger partial charge in [-0.05, 0) is 44.8 Å². The molecule has 5 heteroatoms. The van der Waals surface area contributed by atoms with Crippen LogP contribution in [0.3, 0.4) is 0 Å². The molecular weight excluding hydrogens is 220 g/mol. The Morgan fingerprint density at radius 2 is 2.25 bits per heavy atom. The number of nitrogens with zero attached hydrogens (tertiary/aromatic N) is 3. The Labute approximate surface area is 102 Å². The monoisotopic (exact) mass is 240 g/mol. The van der Waals surface area contributed by atoms with Gasteiger partial charge in [0.05, 0.1) is 0 Å². The molecule has 2 rings (SSSR count). The number of aromatic nitrogens is 3. The first kappa shape index (κ1) is 11.6. The van der Waals surface area contributed by atoms with Crippen molar-refractivity contribution in [1.82, 2.24) is 14.8 Å². The summed E-state index contributed by atoms with van der Waals surface area (Å²) in [5.41, 5.74) is 0. The third-order valence-corrected chi connectivity index (χ3v) is 3.43. The lowest BCUT2D eigenvalue weighted by molar-refractivity contribution is 0.433. The highest BCUT2D eigenvalue weighted by atomic mass is 32.1. The maximum absolute atomic E-state index is 5.27. The highest BCUT2D eigenvalue weighted by Crippen LogP contribution is 2.23. The van der Waals surface area contributed by atoms with Crippen LogP contribution in [0.15, 0.2) is 0 Å². The Bertz CT molecular complexity index is 406. The van der Waals surface area contributed by atoms with Crippen molar-refractivity contribution in [2.45, 2.75) is 39.7 Å². The molecule has 0 amide bonds. The topological polar surface area (TPSA) is 36.9 Å². The molecule has 90 valence electrons. The van der Waals surface area contributed by atoms with E-state index < -0.39 is 0 Å². The van der Waals surface area contributed by atoms with Crippen molar-refractivity contribution in [2.75, 3.05) is 18.0 Å². The van der Waals surface area contributed by atoms with E-state index in [1.54, 1.807) is 0 Å². The fraction of sp³-hybridized carbons (Fsp3) is 0.818. The molecule has 1 saturated heterocycles. The van der Waals surface area contributed by atoms with Crippen LogP contribution >= 0.6 is 12.2 Å². The standard InChI is InChI=1S/C11H20N4S/c1-8(2)15-10(12-13-11(15)16)14-6-4-5-9(3)7-14/h8-9H,4-7H2,1-3H3,(H,13,16). The molecule has 1 unspecified atom stereocenters. The molecule has 16 heavy (non-hydrogen) atoms. The van der Waals surface area contributed by atoms with Crippen LogP contribution in [0, 0.1) is 10.7 Å². The molecule has 1 N–H and O–H groups in total. The first-order valence-electron chi connectivity index (χ1n) is 6.01. The largest absolute Gasteiger partial charge is 0.341 e. The van der Waals surface area contributed by atoms with Crippen molar-refractivity contribution in [3.63, 3.8) is 0 Å². The molecule has 0 bridgehead atoms. The molecule has 1 aliphatic heterocycles. The fourth-order valence-corrected chi connectivity index (χ4v) is 2.69. The van der Waals surface area contributed by atoms with Gasteiger partial charge >= 0.3 is 0 Å². The molecule has 1 aromatic rings. The highest BCUT2D eigenvalue weighted by Gasteiger charge is 2.21. The van der Waals surface area contributed by atoms with Crippen molar-refractivity contribution < 1.29 is 0 Å². The Morgan fingerprint density at radius 1 is 1.50 bits per heavy atom. The maximum Gasteiger partial charge on any atom is 0.225 e. The van der Waals surface area contributed by atoms with Crippen LogP contribution in [-0.2, 0) is 0 Å². The average molecular weight is 240 g/mol. The summed E-state index contributed by atoms with van der Waals surface area (Å²) in [6, 6.07) is 0.360. The number of hydrogen-bond donors (Lipinski definition) is 1. The zero-order valence-electron chi connectivity index (χ0n) is 10.2. The Hall–Kier alpha value is -0.840. The summed E-state index contributed by atoms with van der Waals surface area (Å²) in [4.78, 5) is 2.35. The van der Waals surface area contributed by atoms with E-state index in [2.05, 4.69) is 40.4 Å². The van der Waals surface area contributed by atoms with Gasteiger partial charge in [0.1, 0.15) is 0 Å². The van der Waals surface area contributed by atoms with E-state index in [0.29, 0.717) is 6.04 Å². The number of piperidine rings is 1. The molecule has 0 spiro atoms. The second-order valence-corrected chi connectivity index (χ2v) is 5.37. The fourth-order valence-electron chi connectivity index (χ4n) is 2.36. The second kappa shape index (κ2) is 4.57. The van der Waals surface area contributed by atoms with Gasteiger partial charge in [-0.25, -0.2) is 5.10 Å². The van der Waals surface area contributed by atoms with E-state index in [4.69, 9.17) is 12.2 Å². The summed E-state index contributed by atoms with van der Waals surface area (Å²) < 4.78 is 2.83. The maximum atomic E-state index is 5.27. The number of nitrogens with one attached hydrogen (secondary N) is 1. The minimum absolute atomic E-state index is 0.360. The average Bonchev–Trinajstić information content (AvgIpc) is 2.60. The quantitative estimate of drug-likeness (QED) is 0.808. The van der Waals surface area contributed by atoms with E-state index in [1.807, 2.05) is 0 Å². The van der Waals surface area contributed by atoms with E-state index in [0.717, 1.165) is 29.7 Å². The second-order valence-electron chi connectivity index (χ2n) is 4.99. The van der Waals surface area contributed by atoms with Gasteiger partial charge in [-0.2, -0.15) is 0 Å². The van der Waals surface area contributed by atoms with E-state index in [1.165, 1.54) is 12.8 Å². The van der Waals surface area contributed by atoms with Gasteiger partial charge in [-0.15, -0.1) is 5.10 Å². The van der Waals surface area contributed by atoms with Crippen molar-refractivity contribution in [3.05, 3.63) is 4.77 Å². The minimum atomic E-state index is 0.360. The van der Waals surface area contributed by atoms with Crippen molar-refractivity contribution in [2.24, 2.45) is 5.92 Å². The number of H-pyrrole nitrogens is 1. The van der Waals surface area contributed by atoms with Gasteiger partial charge in [-0.1, -0.05) is 6.92 Å². The van der Waals surface area contributed by atoms with E-state index >= 15 is 0 Å².